The standard InChI is InChI=1S/C2H4O2.2K.H2O3S.Zn.2H/c1-2(3)4;;;1-4(2)3;;;/h1H3,(H,3,4);;;(H2,1,2,3);;;. The molecule has 0 aliphatic rings. The summed E-state index contributed by atoms with van der Waals surface area (Å²) in [4.78, 5) is 9.00. The molecule has 11 heavy (non-hydrogen) atoms. The van der Waals surface area contributed by atoms with Gasteiger partial charge in [0.1, 0.15) is 0 Å². The van der Waals surface area contributed by atoms with Crippen LogP contribution in [0.2, 0.25) is 0 Å². The predicted octanol–water partition coefficient (Wildman–Crippen LogP) is -1.53. The predicted molar refractivity (Wildman–Crippen MR) is 41.0 cm³/mol. The Labute approximate surface area is 165 Å². The molecule has 0 aromatic heterocycles. The van der Waals surface area contributed by atoms with E-state index in [2.05, 4.69) is 0 Å². The first-order chi connectivity index (χ1) is 3.46. The van der Waals surface area contributed by atoms with Crippen LogP contribution >= 0.6 is 0 Å². The monoisotopic (exact) mass is 286 g/mol. The van der Waals surface area contributed by atoms with E-state index >= 15 is 0 Å². The summed E-state index contributed by atoms with van der Waals surface area (Å²) >= 11 is -2.61. The number of carboxylic acid groups (broad SMARTS) is 1. The van der Waals surface area contributed by atoms with Gasteiger partial charge in [0, 0.05) is 26.4 Å². The van der Waals surface area contributed by atoms with Crippen molar-refractivity contribution in [3.05, 3.63) is 0 Å². The largest absolute Gasteiger partial charge is 0 e. The van der Waals surface area contributed by atoms with E-state index in [1.54, 1.807) is 0 Å². The molecule has 0 amide bonds. The molecule has 0 fully saturated rings. The van der Waals surface area contributed by atoms with Crippen molar-refractivity contribution in [1.29, 1.82) is 0 Å². The fraction of sp³-hybridized carbons (Fsp3) is 0.500. The van der Waals surface area contributed by atoms with Gasteiger partial charge in [-0.25, -0.2) is 0 Å². The zero-order valence-corrected chi connectivity index (χ0v) is 8.56. The van der Waals surface area contributed by atoms with Crippen LogP contribution in [0.1, 0.15) is 6.92 Å². The number of hydrogen-bond acceptors (Lipinski definition) is 2. The van der Waals surface area contributed by atoms with E-state index in [9.17, 15) is 0 Å². The second-order valence-corrected chi connectivity index (χ2v) is 1.21. The Morgan fingerprint density at radius 3 is 1.27 bits per heavy atom. The Kier molecular flexibility index (Phi) is 62.1. The van der Waals surface area contributed by atoms with Gasteiger partial charge in [-0.1, -0.05) is 0 Å². The molecule has 0 saturated heterocycles. The molecule has 0 radical (unpaired) electrons. The fourth-order valence-electron chi connectivity index (χ4n) is 0. The molecule has 0 heterocycles. The van der Waals surface area contributed by atoms with Crippen molar-refractivity contribution in [2.75, 3.05) is 0 Å². The first kappa shape index (κ1) is 29.3. The Balaban J connectivity index is -0.0000000171. The third-order valence-corrected chi connectivity index (χ3v) is 0. The van der Waals surface area contributed by atoms with E-state index < -0.39 is 17.3 Å². The van der Waals surface area contributed by atoms with Gasteiger partial charge in [-0.3, -0.25) is 13.9 Å². The van der Waals surface area contributed by atoms with Crippen molar-refractivity contribution < 1.29 is 42.7 Å². The van der Waals surface area contributed by atoms with Crippen LogP contribution in [0.4, 0.5) is 0 Å². The van der Waals surface area contributed by atoms with Crippen LogP contribution in [0, 0.1) is 0 Å². The van der Waals surface area contributed by atoms with Gasteiger partial charge in [0.2, 0.25) is 0 Å². The number of hydrogen-bond donors (Lipinski definition) is 3. The summed E-state index contributed by atoms with van der Waals surface area (Å²) in [6.07, 6.45) is 0. The smallest absolute Gasteiger partial charge is 0 e. The van der Waals surface area contributed by atoms with Crippen LogP contribution < -0.4 is 0 Å². The third kappa shape index (κ3) is 149. The van der Waals surface area contributed by atoms with Crippen molar-refractivity contribution in [3.8, 4) is 0 Å². The average molecular weight is 288 g/mol. The van der Waals surface area contributed by atoms with Gasteiger partial charge in [0.05, 0.1) is 0 Å². The zero-order valence-electron chi connectivity index (χ0n) is 4.77. The Hall–Kier alpha value is 3.44. The Morgan fingerprint density at radius 2 is 1.27 bits per heavy atom. The quantitative estimate of drug-likeness (QED) is 0.371. The summed E-state index contributed by atoms with van der Waals surface area (Å²) in [6, 6.07) is 0. The summed E-state index contributed by atoms with van der Waals surface area (Å²) < 4.78 is 22.8. The summed E-state index contributed by atoms with van der Waals surface area (Å²) in [6.45, 7) is 1.08. The number of carboxylic acids is 1. The number of rotatable bonds is 0. The van der Waals surface area contributed by atoms with Gasteiger partial charge in [0.25, 0.3) is 17.3 Å². The number of aliphatic carboxylic acids is 1. The van der Waals surface area contributed by atoms with Crippen LogP contribution in [0.15, 0.2) is 0 Å². The van der Waals surface area contributed by atoms with Gasteiger partial charge in [-0.2, -0.15) is 4.21 Å². The molecule has 0 spiro atoms. The van der Waals surface area contributed by atoms with Crippen LogP contribution in [-0.4, -0.2) is 127 Å². The van der Waals surface area contributed by atoms with Crippen molar-refractivity contribution in [1.82, 2.24) is 0 Å². The topological polar surface area (TPSA) is 94.8 Å². The molecule has 0 saturated carbocycles. The molecule has 0 atom stereocenters. The zero-order chi connectivity index (χ0) is 7.15. The molecular formula is C2H8K2O5SZn. The van der Waals surface area contributed by atoms with Crippen LogP contribution in [0.25, 0.3) is 0 Å². The van der Waals surface area contributed by atoms with E-state index in [4.69, 9.17) is 23.2 Å². The fourth-order valence-corrected chi connectivity index (χ4v) is 0. The molecule has 0 unspecified atom stereocenters. The van der Waals surface area contributed by atoms with Gasteiger partial charge in [0.15, 0.2) is 0 Å². The van der Waals surface area contributed by atoms with Gasteiger partial charge in [-0.05, 0) is 0 Å². The molecule has 0 aromatic rings. The molecule has 0 aromatic carbocycles. The minimum Gasteiger partial charge on any atom is 0 e. The first-order valence-corrected chi connectivity index (χ1v) is 2.52. The molecular weight excluding hydrogens is 280 g/mol. The summed E-state index contributed by atoms with van der Waals surface area (Å²) in [5, 5.41) is 7.42. The third-order valence-electron chi connectivity index (χ3n) is 0. The first-order valence-electron chi connectivity index (χ1n) is 1.46. The summed E-state index contributed by atoms with van der Waals surface area (Å²) in [5.41, 5.74) is 0. The van der Waals surface area contributed by atoms with Crippen molar-refractivity contribution in [2.45, 2.75) is 6.92 Å². The molecule has 3 N–H and O–H groups in total. The van der Waals surface area contributed by atoms with Crippen LogP contribution in [0.5, 0.6) is 0 Å². The molecule has 56 valence electrons. The molecule has 5 nitrogen and oxygen atoms in total. The van der Waals surface area contributed by atoms with Crippen molar-refractivity contribution >= 4 is 120 Å². The number of carbonyl (C=O) groups is 1. The Morgan fingerprint density at radius 1 is 1.27 bits per heavy atom. The van der Waals surface area contributed by atoms with E-state index in [1.165, 1.54) is 0 Å². The maximum absolute atomic E-state index is 9.00. The molecule has 0 bridgehead atoms. The maximum Gasteiger partial charge on any atom is 0 e. The van der Waals surface area contributed by atoms with Crippen molar-refractivity contribution in [2.24, 2.45) is 0 Å². The van der Waals surface area contributed by atoms with Gasteiger partial charge >= 0.3 is 103 Å². The normalized spacial score (nSPS) is 5.45. The minimum absolute atomic E-state index is 0. The maximum atomic E-state index is 9.00. The van der Waals surface area contributed by atoms with Crippen molar-refractivity contribution in [3.63, 3.8) is 0 Å². The second-order valence-electron chi connectivity index (χ2n) is 0.750. The molecule has 9 heteroatoms. The SMILES string of the molecule is CC(=O)O.O=S(O)O.[KH].[KH].[Zn]. The van der Waals surface area contributed by atoms with Gasteiger partial charge < -0.3 is 5.11 Å². The van der Waals surface area contributed by atoms with E-state index in [-0.39, 0.29) is 122 Å². The summed E-state index contributed by atoms with van der Waals surface area (Å²) in [7, 11) is 0. The minimum atomic E-state index is -2.61. The molecule has 0 aliphatic carbocycles. The van der Waals surface area contributed by atoms with E-state index in [0.29, 0.717) is 0 Å². The molecule has 0 rings (SSSR count). The van der Waals surface area contributed by atoms with Crippen LogP contribution in [0.3, 0.4) is 0 Å². The Bertz CT molecular complexity index is 80.5. The molecule has 0 aliphatic heterocycles. The average Bonchev–Trinajstić information content (AvgIpc) is 1.25. The van der Waals surface area contributed by atoms with E-state index in [0.717, 1.165) is 6.92 Å². The van der Waals surface area contributed by atoms with Gasteiger partial charge in [-0.15, -0.1) is 0 Å². The second kappa shape index (κ2) is 23.3. The summed E-state index contributed by atoms with van der Waals surface area (Å²) in [5.74, 6) is -0.833. The van der Waals surface area contributed by atoms with Crippen LogP contribution in [-0.2, 0) is 35.6 Å². The van der Waals surface area contributed by atoms with E-state index in [1.807, 2.05) is 0 Å².